The molecule has 0 amide bonds. The fourth-order valence-electron chi connectivity index (χ4n) is 2.51. The molecule has 0 fully saturated rings. The van der Waals surface area contributed by atoms with Gasteiger partial charge in [-0.1, -0.05) is 54.9 Å². The number of fused-ring (bicyclic) bond motifs is 1. The van der Waals surface area contributed by atoms with E-state index in [-0.39, 0.29) is 5.92 Å². The third-order valence-electron chi connectivity index (χ3n) is 3.50. The predicted molar refractivity (Wildman–Crippen MR) is 81.6 cm³/mol. The molecule has 1 N–H and O–H groups in total. The van der Waals surface area contributed by atoms with Crippen molar-refractivity contribution in [3.63, 3.8) is 0 Å². The zero-order chi connectivity index (χ0) is 13.2. The molecule has 0 aliphatic carbocycles. The molecule has 1 unspecified atom stereocenters. The lowest BCUT2D eigenvalue weighted by Gasteiger charge is -2.13. The first-order chi connectivity index (χ1) is 9.29. The third kappa shape index (κ3) is 2.26. The minimum atomic E-state index is 0.282. The molecule has 95 valence electrons. The Labute approximate surface area is 118 Å². The molecule has 1 aromatic heterocycles. The number of hydrogen-bond donors (Lipinski definition) is 1. The lowest BCUT2D eigenvalue weighted by atomic mass is 9.93. The standard InChI is InChI=1S/C17H15ClN/c1-2-13(12-7-4-3-5-8-12)17-11-14-15(18)9-6-10-16(14)19-17/h3-11,13,19H,1-2H2. The number of aromatic nitrogens is 1. The van der Waals surface area contributed by atoms with Gasteiger partial charge in [0.2, 0.25) is 0 Å². The molecule has 2 aromatic carbocycles. The van der Waals surface area contributed by atoms with Gasteiger partial charge in [-0.05, 0) is 30.2 Å². The maximum absolute atomic E-state index is 6.23. The maximum atomic E-state index is 6.23. The normalized spacial score (nSPS) is 12.7. The molecule has 0 bridgehead atoms. The van der Waals surface area contributed by atoms with Crippen LogP contribution in [-0.2, 0) is 0 Å². The van der Waals surface area contributed by atoms with Crippen LogP contribution in [0.5, 0.6) is 0 Å². The smallest absolute Gasteiger partial charge is 0.0499 e. The van der Waals surface area contributed by atoms with Gasteiger partial charge in [0.15, 0.2) is 0 Å². The summed E-state index contributed by atoms with van der Waals surface area (Å²) in [6.07, 6.45) is 0.814. The maximum Gasteiger partial charge on any atom is 0.0499 e. The number of H-pyrrole nitrogens is 1. The van der Waals surface area contributed by atoms with Crippen molar-refractivity contribution in [1.82, 2.24) is 4.98 Å². The fourth-order valence-corrected chi connectivity index (χ4v) is 2.74. The SMILES string of the molecule is [CH2]CC(c1ccccc1)c1cc2c(Cl)cccc2[nH]1. The molecular weight excluding hydrogens is 254 g/mol. The van der Waals surface area contributed by atoms with Crippen LogP contribution in [0.4, 0.5) is 0 Å². The molecule has 0 aliphatic rings. The number of hydrogen-bond acceptors (Lipinski definition) is 0. The third-order valence-corrected chi connectivity index (χ3v) is 3.83. The van der Waals surface area contributed by atoms with E-state index in [4.69, 9.17) is 11.6 Å². The summed E-state index contributed by atoms with van der Waals surface area (Å²) in [4.78, 5) is 3.46. The second kappa shape index (κ2) is 5.10. The molecule has 2 heteroatoms. The number of aromatic amines is 1. The van der Waals surface area contributed by atoms with Crippen molar-refractivity contribution in [3.05, 3.63) is 77.8 Å². The highest BCUT2D eigenvalue weighted by Gasteiger charge is 2.15. The van der Waals surface area contributed by atoms with Crippen LogP contribution in [0.25, 0.3) is 10.9 Å². The molecule has 3 aromatic rings. The van der Waals surface area contributed by atoms with E-state index >= 15 is 0 Å². The number of halogens is 1. The average molecular weight is 269 g/mol. The Balaban J connectivity index is 2.09. The average Bonchev–Trinajstić information content (AvgIpc) is 2.86. The summed E-state index contributed by atoms with van der Waals surface area (Å²) in [5.41, 5.74) is 3.53. The summed E-state index contributed by atoms with van der Waals surface area (Å²) in [5, 5.41) is 1.87. The summed E-state index contributed by atoms with van der Waals surface area (Å²) < 4.78 is 0. The highest BCUT2D eigenvalue weighted by Crippen LogP contribution is 2.32. The topological polar surface area (TPSA) is 15.8 Å². The van der Waals surface area contributed by atoms with E-state index in [1.807, 2.05) is 18.2 Å². The van der Waals surface area contributed by atoms with Crippen molar-refractivity contribution < 1.29 is 0 Å². The molecule has 1 atom stereocenters. The van der Waals surface area contributed by atoms with Crippen molar-refractivity contribution in [3.8, 4) is 0 Å². The summed E-state index contributed by atoms with van der Waals surface area (Å²) in [5.74, 6) is 0.282. The van der Waals surface area contributed by atoms with Gasteiger partial charge in [0, 0.05) is 27.5 Å². The van der Waals surface area contributed by atoms with Crippen LogP contribution in [0.2, 0.25) is 5.02 Å². The molecule has 0 saturated heterocycles. The van der Waals surface area contributed by atoms with Gasteiger partial charge in [-0.25, -0.2) is 0 Å². The van der Waals surface area contributed by atoms with Crippen LogP contribution in [0.1, 0.15) is 23.6 Å². The highest BCUT2D eigenvalue weighted by atomic mass is 35.5. The van der Waals surface area contributed by atoms with Gasteiger partial charge in [0.1, 0.15) is 0 Å². The number of benzene rings is 2. The summed E-state index contributed by atoms with van der Waals surface area (Å²) in [6.45, 7) is 4.08. The number of rotatable bonds is 3. The minimum absolute atomic E-state index is 0.282. The van der Waals surface area contributed by atoms with Crippen molar-refractivity contribution in [2.45, 2.75) is 12.3 Å². The molecule has 1 radical (unpaired) electrons. The Morgan fingerprint density at radius 2 is 1.84 bits per heavy atom. The van der Waals surface area contributed by atoms with E-state index in [1.54, 1.807) is 0 Å². The van der Waals surface area contributed by atoms with Crippen LogP contribution >= 0.6 is 11.6 Å². The second-order valence-electron chi connectivity index (χ2n) is 4.68. The highest BCUT2D eigenvalue weighted by molar-refractivity contribution is 6.35. The van der Waals surface area contributed by atoms with E-state index in [0.717, 1.165) is 22.3 Å². The summed E-state index contributed by atoms with van der Waals surface area (Å²) in [7, 11) is 0. The van der Waals surface area contributed by atoms with E-state index < -0.39 is 0 Å². The monoisotopic (exact) mass is 268 g/mol. The molecule has 0 saturated carbocycles. The largest absolute Gasteiger partial charge is 0.358 e. The molecule has 1 heterocycles. The van der Waals surface area contributed by atoms with E-state index in [0.29, 0.717) is 0 Å². The first-order valence-corrected chi connectivity index (χ1v) is 6.78. The van der Waals surface area contributed by atoms with E-state index in [2.05, 4.69) is 48.3 Å². The van der Waals surface area contributed by atoms with Crippen molar-refractivity contribution in [1.29, 1.82) is 0 Å². The quantitative estimate of drug-likeness (QED) is 0.674. The molecule has 19 heavy (non-hydrogen) atoms. The lowest BCUT2D eigenvalue weighted by Crippen LogP contribution is -1.99. The Morgan fingerprint density at radius 3 is 2.53 bits per heavy atom. The van der Waals surface area contributed by atoms with Gasteiger partial charge in [0.25, 0.3) is 0 Å². The Hall–Kier alpha value is -1.73. The van der Waals surface area contributed by atoms with Crippen LogP contribution in [0.3, 0.4) is 0 Å². The molecule has 0 aliphatic heterocycles. The van der Waals surface area contributed by atoms with Gasteiger partial charge in [-0.3, -0.25) is 0 Å². The van der Waals surface area contributed by atoms with Crippen molar-refractivity contribution in [2.75, 3.05) is 0 Å². The molecule has 1 nitrogen and oxygen atoms in total. The fraction of sp³-hybridized carbons (Fsp3) is 0.118. The Bertz CT molecular complexity index is 685. The Kier molecular flexibility index (Phi) is 3.31. The predicted octanol–water partition coefficient (Wildman–Crippen LogP) is 5.18. The van der Waals surface area contributed by atoms with Gasteiger partial charge in [-0.2, -0.15) is 0 Å². The van der Waals surface area contributed by atoms with Gasteiger partial charge in [0.05, 0.1) is 0 Å². The van der Waals surface area contributed by atoms with Gasteiger partial charge >= 0.3 is 0 Å². The summed E-state index contributed by atoms with van der Waals surface area (Å²) in [6, 6.07) is 18.5. The summed E-state index contributed by atoms with van der Waals surface area (Å²) >= 11 is 6.23. The van der Waals surface area contributed by atoms with Crippen molar-refractivity contribution >= 4 is 22.5 Å². The molecular formula is C17H15ClN. The van der Waals surface area contributed by atoms with Crippen LogP contribution in [-0.4, -0.2) is 4.98 Å². The lowest BCUT2D eigenvalue weighted by molar-refractivity contribution is 0.803. The van der Waals surface area contributed by atoms with Crippen LogP contribution in [0.15, 0.2) is 54.6 Å². The zero-order valence-corrected chi connectivity index (χ0v) is 11.3. The van der Waals surface area contributed by atoms with Gasteiger partial charge in [-0.15, -0.1) is 0 Å². The second-order valence-corrected chi connectivity index (χ2v) is 5.08. The van der Waals surface area contributed by atoms with Gasteiger partial charge < -0.3 is 4.98 Å². The first kappa shape index (κ1) is 12.3. The zero-order valence-electron chi connectivity index (χ0n) is 10.6. The minimum Gasteiger partial charge on any atom is -0.358 e. The van der Waals surface area contributed by atoms with E-state index in [9.17, 15) is 0 Å². The van der Waals surface area contributed by atoms with Crippen LogP contribution in [0, 0.1) is 6.92 Å². The molecule has 3 rings (SSSR count). The first-order valence-electron chi connectivity index (χ1n) is 6.41. The van der Waals surface area contributed by atoms with Crippen LogP contribution < -0.4 is 0 Å². The molecule has 0 spiro atoms. The van der Waals surface area contributed by atoms with Crippen molar-refractivity contribution in [2.24, 2.45) is 0 Å². The Morgan fingerprint density at radius 1 is 1.05 bits per heavy atom. The number of nitrogens with one attached hydrogen (secondary N) is 1. The van der Waals surface area contributed by atoms with E-state index in [1.165, 1.54) is 11.3 Å².